The minimum atomic E-state index is -0.785. The van der Waals surface area contributed by atoms with Gasteiger partial charge >= 0.3 is 0 Å². The van der Waals surface area contributed by atoms with Gasteiger partial charge in [0.1, 0.15) is 0 Å². The maximum atomic E-state index is 6.44. The Kier molecular flexibility index (Phi) is 5.22. The summed E-state index contributed by atoms with van der Waals surface area (Å²) in [4.78, 5) is 9.68. The fourth-order valence-electron chi connectivity index (χ4n) is 5.21. The highest BCUT2D eigenvalue weighted by molar-refractivity contribution is 5.86. The summed E-state index contributed by atoms with van der Waals surface area (Å²) in [5, 5.41) is 0. The monoisotopic (exact) mass is 454 g/mol. The molecule has 0 radical (unpaired) electrons. The van der Waals surface area contributed by atoms with Gasteiger partial charge in [0.25, 0.3) is 0 Å². The minimum absolute atomic E-state index is 0.635. The number of fused-ring (bicyclic) bond motifs is 3. The normalized spacial score (nSPS) is 12.9. The van der Waals surface area contributed by atoms with Gasteiger partial charge in [-0.05, 0) is 63.2 Å². The van der Waals surface area contributed by atoms with E-state index in [9.17, 15) is 0 Å². The van der Waals surface area contributed by atoms with Gasteiger partial charge in [-0.1, -0.05) is 74.9 Å². The van der Waals surface area contributed by atoms with Gasteiger partial charge in [0.05, 0.1) is 16.8 Å². The van der Waals surface area contributed by atoms with E-state index in [4.69, 9.17) is 21.4 Å². The van der Waals surface area contributed by atoms with E-state index in [0.717, 1.165) is 55.9 Å². The Labute approximate surface area is 205 Å². The van der Waals surface area contributed by atoms with Gasteiger partial charge in [0.15, 0.2) is 0 Å². The third-order valence-corrected chi connectivity index (χ3v) is 6.87. The summed E-state index contributed by atoms with van der Waals surface area (Å²) in [6, 6.07) is 16.6. The first kappa shape index (κ1) is 22.1. The van der Waals surface area contributed by atoms with E-state index in [1.165, 1.54) is 0 Å². The van der Waals surface area contributed by atoms with E-state index in [1.54, 1.807) is 36.7 Å². The lowest BCUT2D eigenvalue weighted by molar-refractivity contribution is 0.734. The number of hydrogen-bond donors (Lipinski definition) is 2. The van der Waals surface area contributed by atoms with Crippen molar-refractivity contribution >= 4 is 35.7 Å². The van der Waals surface area contributed by atoms with Crippen molar-refractivity contribution < 1.29 is 0 Å². The zero-order chi connectivity index (χ0) is 24.7. The molecule has 0 saturated carbocycles. The summed E-state index contributed by atoms with van der Waals surface area (Å²) in [7, 11) is 0. The van der Waals surface area contributed by atoms with Crippen LogP contribution in [-0.2, 0) is 5.41 Å². The predicted octanol–water partition coefficient (Wildman–Crippen LogP) is 6.58. The molecule has 0 aliphatic heterocycles. The molecule has 1 aliphatic rings. The van der Waals surface area contributed by atoms with Crippen LogP contribution in [0.1, 0.15) is 44.6 Å². The van der Waals surface area contributed by atoms with E-state index in [2.05, 4.69) is 62.7 Å². The second-order valence-electron chi connectivity index (χ2n) is 8.50. The lowest BCUT2D eigenvalue weighted by Gasteiger charge is -2.34. The standard InChI is InChI=1S/C31H26N4/c1-5-19-15-23(16-20(6-2)27(19)32)31(24-17-21(7-3)28(33)22(8-4)18-24)26-12-10-9-11-25(26)29-30(31)35-14-13-34-29/h5-18H,1-4,32-33H2. The molecule has 1 aliphatic carbocycles. The molecule has 1 heterocycles. The molecule has 4 aromatic rings. The van der Waals surface area contributed by atoms with E-state index in [1.807, 2.05) is 12.1 Å². The van der Waals surface area contributed by atoms with Crippen molar-refractivity contribution in [3.8, 4) is 11.3 Å². The number of rotatable bonds is 6. The average molecular weight is 455 g/mol. The highest BCUT2D eigenvalue weighted by Gasteiger charge is 2.48. The molecule has 0 bridgehead atoms. The number of aromatic nitrogens is 2. The molecule has 0 atom stereocenters. The highest BCUT2D eigenvalue weighted by Crippen LogP contribution is 2.55. The van der Waals surface area contributed by atoms with Crippen LogP contribution in [0, 0.1) is 0 Å². The molecule has 0 saturated heterocycles. The van der Waals surface area contributed by atoms with Crippen LogP contribution < -0.4 is 11.5 Å². The smallest absolute Gasteiger partial charge is 0.0937 e. The Balaban J connectivity index is 2.03. The molecule has 4 heteroatoms. The molecule has 4 nitrogen and oxygen atoms in total. The second kappa shape index (κ2) is 8.26. The number of anilines is 2. The molecular weight excluding hydrogens is 428 g/mol. The molecule has 35 heavy (non-hydrogen) atoms. The second-order valence-corrected chi connectivity index (χ2v) is 8.50. The van der Waals surface area contributed by atoms with Crippen molar-refractivity contribution in [3.05, 3.63) is 132 Å². The van der Waals surface area contributed by atoms with Crippen LogP contribution in [0.15, 0.2) is 87.2 Å². The number of benzene rings is 3. The van der Waals surface area contributed by atoms with Crippen LogP contribution in [0.2, 0.25) is 0 Å². The lowest BCUT2D eigenvalue weighted by atomic mass is 9.68. The van der Waals surface area contributed by atoms with Crippen molar-refractivity contribution in [2.75, 3.05) is 11.5 Å². The van der Waals surface area contributed by atoms with Crippen LogP contribution in [0.5, 0.6) is 0 Å². The highest BCUT2D eigenvalue weighted by atomic mass is 14.8. The number of nitrogen functional groups attached to an aromatic ring is 2. The first-order valence-electron chi connectivity index (χ1n) is 11.3. The van der Waals surface area contributed by atoms with Crippen LogP contribution in [0.4, 0.5) is 11.4 Å². The molecule has 0 spiro atoms. The molecule has 4 N–H and O–H groups in total. The van der Waals surface area contributed by atoms with Crippen LogP contribution in [0.25, 0.3) is 35.6 Å². The van der Waals surface area contributed by atoms with Crippen LogP contribution in [0.3, 0.4) is 0 Å². The van der Waals surface area contributed by atoms with Crippen LogP contribution >= 0.6 is 0 Å². The van der Waals surface area contributed by atoms with E-state index < -0.39 is 5.41 Å². The molecule has 5 rings (SSSR count). The molecule has 1 aromatic heterocycles. The topological polar surface area (TPSA) is 77.8 Å². The fraction of sp³-hybridized carbons (Fsp3) is 0.0323. The first-order chi connectivity index (χ1) is 17.0. The van der Waals surface area contributed by atoms with Crippen molar-refractivity contribution in [2.24, 2.45) is 0 Å². The van der Waals surface area contributed by atoms with Gasteiger partial charge in [0.2, 0.25) is 0 Å². The zero-order valence-electron chi connectivity index (χ0n) is 19.5. The van der Waals surface area contributed by atoms with Gasteiger partial charge < -0.3 is 11.5 Å². The predicted molar refractivity (Wildman–Crippen MR) is 149 cm³/mol. The molecule has 0 fully saturated rings. The van der Waals surface area contributed by atoms with Crippen molar-refractivity contribution in [1.29, 1.82) is 0 Å². The minimum Gasteiger partial charge on any atom is -0.398 e. The number of nitrogens with zero attached hydrogens (tertiary/aromatic N) is 2. The van der Waals surface area contributed by atoms with Crippen molar-refractivity contribution in [2.45, 2.75) is 5.41 Å². The van der Waals surface area contributed by atoms with E-state index >= 15 is 0 Å². The Hall–Kier alpha value is -4.70. The Bertz CT molecular complexity index is 1370. The molecule has 3 aromatic carbocycles. The van der Waals surface area contributed by atoms with Crippen LogP contribution in [-0.4, -0.2) is 9.97 Å². The number of hydrogen-bond acceptors (Lipinski definition) is 4. The summed E-state index contributed by atoms with van der Waals surface area (Å²) in [5.74, 6) is 0. The summed E-state index contributed by atoms with van der Waals surface area (Å²) in [5.41, 5.74) is 22.4. The quantitative estimate of drug-likeness (QED) is 0.284. The lowest BCUT2D eigenvalue weighted by Crippen LogP contribution is -2.30. The van der Waals surface area contributed by atoms with Gasteiger partial charge in [-0.2, -0.15) is 0 Å². The van der Waals surface area contributed by atoms with Gasteiger partial charge in [-0.25, -0.2) is 0 Å². The number of nitrogens with two attached hydrogens (primary N) is 2. The maximum Gasteiger partial charge on any atom is 0.0937 e. The summed E-state index contributed by atoms with van der Waals surface area (Å²) in [6.07, 6.45) is 10.5. The summed E-state index contributed by atoms with van der Waals surface area (Å²) >= 11 is 0. The first-order valence-corrected chi connectivity index (χ1v) is 11.3. The van der Waals surface area contributed by atoms with E-state index in [0.29, 0.717) is 11.4 Å². The van der Waals surface area contributed by atoms with Crippen molar-refractivity contribution in [3.63, 3.8) is 0 Å². The Morgan fingerprint density at radius 2 is 1.11 bits per heavy atom. The Morgan fingerprint density at radius 1 is 0.657 bits per heavy atom. The summed E-state index contributed by atoms with van der Waals surface area (Å²) < 4.78 is 0. The fourth-order valence-corrected chi connectivity index (χ4v) is 5.21. The molecular formula is C31H26N4. The summed E-state index contributed by atoms with van der Waals surface area (Å²) in [6.45, 7) is 16.0. The molecule has 0 amide bonds. The SMILES string of the molecule is C=Cc1cc(C2(c3cc(C=C)c(N)c(C=C)c3)c3ccccc3-c3nccnc32)cc(C=C)c1N. The Morgan fingerprint density at radius 3 is 1.60 bits per heavy atom. The third kappa shape index (κ3) is 3.00. The zero-order valence-corrected chi connectivity index (χ0v) is 19.5. The van der Waals surface area contributed by atoms with Gasteiger partial charge in [-0.15, -0.1) is 0 Å². The van der Waals surface area contributed by atoms with Gasteiger partial charge in [-0.3, -0.25) is 9.97 Å². The van der Waals surface area contributed by atoms with Crippen molar-refractivity contribution in [1.82, 2.24) is 9.97 Å². The van der Waals surface area contributed by atoms with E-state index in [-0.39, 0.29) is 0 Å². The van der Waals surface area contributed by atoms with Gasteiger partial charge in [0, 0.05) is 29.3 Å². The average Bonchev–Trinajstić information content (AvgIpc) is 3.20. The molecule has 0 unspecified atom stereocenters. The third-order valence-electron chi connectivity index (χ3n) is 6.87. The largest absolute Gasteiger partial charge is 0.398 e. The maximum absolute atomic E-state index is 6.44. The molecule has 170 valence electrons.